The molecule has 0 saturated carbocycles. The third-order valence-corrected chi connectivity index (χ3v) is 4.76. The van der Waals surface area contributed by atoms with E-state index in [0.717, 1.165) is 11.1 Å². The van der Waals surface area contributed by atoms with Gasteiger partial charge in [-0.2, -0.15) is 0 Å². The number of hydrogen-bond acceptors (Lipinski definition) is 3. The van der Waals surface area contributed by atoms with Gasteiger partial charge in [0.2, 0.25) is 5.91 Å². The Morgan fingerprint density at radius 1 is 0.903 bits per heavy atom. The predicted octanol–water partition coefficient (Wildman–Crippen LogP) is 5.43. The number of amides is 2. The summed E-state index contributed by atoms with van der Waals surface area (Å²) in [7, 11) is 0. The predicted molar refractivity (Wildman–Crippen MR) is 130 cm³/mol. The largest absolute Gasteiger partial charge is 0.332 e. The van der Waals surface area contributed by atoms with Crippen LogP contribution >= 0.6 is 23.8 Å². The number of halogens is 1. The van der Waals surface area contributed by atoms with Crippen molar-refractivity contribution in [1.29, 1.82) is 0 Å². The number of thiocarbonyl (C=S) groups is 1. The van der Waals surface area contributed by atoms with Gasteiger partial charge in [0.1, 0.15) is 0 Å². The lowest BCUT2D eigenvalue weighted by atomic mass is 10.1. The van der Waals surface area contributed by atoms with Gasteiger partial charge in [-0.1, -0.05) is 48.0 Å². The minimum atomic E-state index is -0.364. The monoisotopic (exact) mass is 449 g/mol. The van der Waals surface area contributed by atoms with Gasteiger partial charge in [-0.3, -0.25) is 14.9 Å². The molecule has 0 aliphatic rings. The van der Waals surface area contributed by atoms with E-state index in [-0.39, 0.29) is 16.9 Å². The summed E-state index contributed by atoms with van der Waals surface area (Å²) in [6, 6.07) is 21.5. The Labute approximate surface area is 191 Å². The van der Waals surface area contributed by atoms with Crippen molar-refractivity contribution in [2.75, 3.05) is 10.6 Å². The molecular formula is C24H20ClN3O2S. The first-order valence-electron chi connectivity index (χ1n) is 9.43. The van der Waals surface area contributed by atoms with Crippen molar-refractivity contribution in [2.24, 2.45) is 0 Å². The molecule has 3 N–H and O–H groups in total. The molecule has 0 aliphatic carbocycles. The first-order chi connectivity index (χ1) is 14.9. The van der Waals surface area contributed by atoms with Gasteiger partial charge in [-0.25, -0.2) is 0 Å². The number of anilines is 2. The maximum absolute atomic E-state index is 12.5. The summed E-state index contributed by atoms with van der Waals surface area (Å²) >= 11 is 11.0. The second-order valence-electron chi connectivity index (χ2n) is 6.68. The smallest absolute Gasteiger partial charge is 0.255 e. The molecule has 3 aromatic carbocycles. The van der Waals surface area contributed by atoms with Crippen LogP contribution in [0.15, 0.2) is 78.9 Å². The second-order valence-corrected chi connectivity index (χ2v) is 7.52. The molecule has 5 nitrogen and oxygen atoms in total. The Kier molecular flexibility index (Phi) is 7.54. The van der Waals surface area contributed by atoms with Crippen molar-refractivity contribution in [3.63, 3.8) is 0 Å². The summed E-state index contributed by atoms with van der Waals surface area (Å²) in [5, 5.41) is 9.17. The number of carbonyl (C=O) groups is 2. The maximum Gasteiger partial charge on any atom is 0.255 e. The van der Waals surface area contributed by atoms with Crippen LogP contribution in [0.4, 0.5) is 11.4 Å². The van der Waals surface area contributed by atoms with Crippen LogP contribution < -0.4 is 16.0 Å². The van der Waals surface area contributed by atoms with E-state index in [1.807, 2.05) is 25.1 Å². The Hall–Kier alpha value is -3.48. The topological polar surface area (TPSA) is 70.2 Å². The molecule has 0 atom stereocenters. The van der Waals surface area contributed by atoms with Crippen molar-refractivity contribution in [3.8, 4) is 0 Å². The van der Waals surface area contributed by atoms with Gasteiger partial charge in [0, 0.05) is 28.0 Å². The molecule has 0 aliphatic heterocycles. The minimum Gasteiger partial charge on any atom is -0.332 e. The van der Waals surface area contributed by atoms with E-state index in [1.165, 1.54) is 6.08 Å². The highest BCUT2D eigenvalue weighted by molar-refractivity contribution is 7.80. The van der Waals surface area contributed by atoms with E-state index < -0.39 is 0 Å². The number of carbonyl (C=O) groups excluding carboxylic acids is 2. The van der Waals surface area contributed by atoms with Crippen molar-refractivity contribution in [2.45, 2.75) is 6.92 Å². The van der Waals surface area contributed by atoms with E-state index in [4.69, 9.17) is 23.8 Å². The summed E-state index contributed by atoms with van der Waals surface area (Å²) in [6.07, 6.45) is 3.05. The number of rotatable bonds is 5. The minimum absolute atomic E-state index is 0.146. The fraction of sp³-hybridized carbons (Fsp3) is 0.0417. The van der Waals surface area contributed by atoms with Gasteiger partial charge in [-0.05, 0) is 72.7 Å². The van der Waals surface area contributed by atoms with Crippen molar-refractivity contribution in [3.05, 3.63) is 101 Å². The van der Waals surface area contributed by atoms with Gasteiger partial charge < -0.3 is 10.6 Å². The van der Waals surface area contributed by atoms with Crippen LogP contribution in [0, 0.1) is 6.92 Å². The van der Waals surface area contributed by atoms with Gasteiger partial charge in [0.05, 0.1) is 0 Å². The highest BCUT2D eigenvalue weighted by atomic mass is 35.5. The fourth-order valence-electron chi connectivity index (χ4n) is 2.76. The van der Waals surface area contributed by atoms with Crippen LogP contribution in [0.1, 0.15) is 21.5 Å². The SMILES string of the molecule is Cc1ccccc1C(=O)Nc1cccc(NC(=S)NC(=O)/C=C/c2ccc(Cl)cc2)c1. The van der Waals surface area contributed by atoms with Gasteiger partial charge in [-0.15, -0.1) is 0 Å². The maximum atomic E-state index is 12.5. The molecule has 0 bridgehead atoms. The van der Waals surface area contributed by atoms with E-state index in [1.54, 1.807) is 60.7 Å². The van der Waals surface area contributed by atoms with Crippen LogP contribution in [0.25, 0.3) is 6.08 Å². The number of benzene rings is 3. The van der Waals surface area contributed by atoms with E-state index in [0.29, 0.717) is 22.0 Å². The first-order valence-corrected chi connectivity index (χ1v) is 10.2. The molecule has 31 heavy (non-hydrogen) atoms. The second kappa shape index (κ2) is 10.5. The molecule has 3 aromatic rings. The summed E-state index contributed by atoms with van der Waals surface area (Å²) < 4.78 is 0. The van der Waals surface area contributed by atoms with Gasteiger partial charge in [0.15, 0.2) is 5.11 Å². The number of nitrogens with one attached hydrogen (secondary N) is 3. The molecule has 0 unspecified atom stereocenters. The molecule has 0 saturated heterocycles. The lowest BCUT2D eigenvalue weighted by Gasteiger charge is -2.11. The zero-order valence-electron chi connectivity index (χ0n) is 16.7. The van der Waals surface area contributed by atoms with E-state index in [2.05, 4.69) is 16.0 Å². The van der Waals surface area contributed by atoms with Crippen LogP contribution in [0.5, 0.6) is 0 Å². The molecule has 7 heteroatoms. The lowest BCUT2D eigenvalue weighted by Crippen LogP contribution is -2.32. The van der Waals surface area contributed by atoms with Crippen LogP contribution in [0.3, 0.4) is 0 Å². The Balaban J connectivity index is 1.56. The summed E-state index contributed by atoms with van der Waals surface area (Å²) in [6.45, 7) is 1.88. The standard InChI is InChI=1S/C24H20ClN3O2S/c1-16-5-2-3-8-21(16)23(30)26-19-6-4-7-20(15-19)27-24(31)28-22(29)14-11-17-9-12-18(25)13-10-17/h2-15H,1H3,(H,26,30)(H2,27,28,29,31)/b14-11+. The van der Waals surface area contributed by atoms with E-state index in [9.17, 15) is 9.59 Å². The fourth-order valence-corrected chi connectivity index (χ4v) is 3.11. The highest BCUT2D eigenvalue weighted by Crippen LogP contribution is 2.17. The Morgan fingerprint density at radius 3 is 2.29 bits per heavy atom. The molecule has 0 heterocycles. The molecular weight excluding hydrogens is 430 g/mol. The van der Waals surface area contributed by atoms with Crippen LogP contribution in [-0.2, 0) is 4.79 Å². The average Bonchev–Trinajstić information content (AvgIpc) is 2.73. The lowest BCUT2D eigenvalue weighted by molar-refractivity contribution is -0.115. The van der Waals surface area contributed by atoms with Crippen LogP contribution in [0.2, 0.25) is 5.02 Å². The summed E-state index contributed by atoms with van der Waals surface area (Å²) in [4.78, 5) is 24.6. The van der Waals surface area contributed by atoms with Crippen molar-refractivity contribution >= 4 is 58.2 Å². The summed E-state index contributed by atoms with van der Waals surface area (Å²) in [5.74, 6) is -0.560. The van der Waals surface area contributed by atoms with Gasteiger partial charge in [0.25, 0.3) is 5.91 Å². The van der Waals surface area contributed by atoms with Crippen molar-refractivity contribution < 1.29 is 9.59 Å². The number of aryl methyl sites for hydroxylation is 1. The number of hydrogen-bond donors (Lipinski definition) is 3. The van der Waals surface area contributed by atoms with Crippen molar-refractivity contribution in [1.82, 2.24) is 5.32 Å². The average molecular weight is 450 g/mol. The molecule has 0 spiro atoms. The normalized spacial score (nSPS) is 10.5. The Bertz CT molecular complexity index is 1140. The molecule has 0 aromatic heterocycles. The third kappa shape index (κ3) is 6.77. The molecule has 3 rings (SSSR count). The third-order valence-electron chi connectivity index (χ3n) is 4.30. The van der Waals surface area contributed by atoms with Crippen LogP contribution in [-0.4, -0.2) is 16.9 Å². The molecule has 2 amide bonds. The molecule has 0 radical (unpaired) electrons. The summed E-state index contributed by atoms with van der Waals surface area (Å²) in [5.41, 5.74) is 3.58. The zero-order valence-corrected chi connectivity index (χ0v) is 18.3. The zero-order chi connectivity index (χ0) is 22.2. The first kappa shape index (κ1) is 22.2. The quantitative estimate of drug-likeness (QED) is 0.359. The molecule has 156 valence electrons. The van der Waals surface area contributed by atoms with Gasteiger partial charge >= 0.3 is 0 Å². The molecule has 0 fully saturated rings. The van der Waals surface area contributed by atoms with E-state index >= 15 is 0 Å². The highest BCUT2D eigenvalue weighted by Gasteiger charge is 2.09. The Morgan fingerprint density at radius 2 is 1.58 bits per heavy atom.